The van der Waals surface area contributed by atoms with E-state index in [1.54, 1.807) is 46.9 Å². The summed E-state index contributed by atoms with van der Waals surface area (Å²) >= 11 is 0. The molecule has 4 rings (SSSR count). The lowest BCUT2D eigenvalue weighted by atomic mass is 10.1. The fourth-order valence-corrected chi connectivity index (χ4v) is 5.07. The van der Waals surface area contributed by atoms with Crippen LogP contribution in [0.3, 0.4) is 0 Å². The molecule has 0 unspecified atom stereocenters. The fourth-order valence-electron chi connectivity index (χ4n) is 3.56. The number of carbonyl (C=O) groups excluding carboxylic acids is 1. The molecule has 0 bridgehead atoms. The van der Waals surface area contributed by atoms with Crippen molar-refractivity contribution in [3.05, 3.63) is 59.0 Å². The maximum absolute atomic E-state index is 13.1. The number of benzene rings is 1. The van der Waals surface area contributed by atoms with Gasteiger partial charge in [-0.2, -0.15) is 9.40 Å². The molecule has 1 amide bonds. The molecule has 9 heteroatoms. The Morgan fingerprint density at radius 1 is 1.03 bits per heavy atom. The smallest absolute Gasteiger partial charge is 0.259 e. The second-order valence-corrected chi connectivity index (χ2v) is 9.23. The van der Waals surface area contributed by atoms with Crippen molar-refractivity contribution in [1.29, 1.82) is 0 Å². The summed E-state index contributed by atoms with van der Waals surface area (Å²) < 4.78 is 29.0. The Hall–Kier alpha value is -2.78. The monoisotopic (exact) mass is 413 g/mol. The van der Waals surface area contributed by atoms with Crippen LogP contribution in [0.1, 0.15) is 27.2 Å². The number of piperazine rings is 1. The Labute approximate surface area is 169 Å². The topological polar surface area (TPSA) is 87.9 Å². The van der Waals surface area contributed by atoms with Gasteiger partial charge in [-0.25, -0.2) is 17.9 Å². The molecule has 0 atom stereocenters. The molecule has 1 fully saturated rings. The van der Waals surface area contributed by atoms with Crippen LogP contribution in [0, 0.1) is 20.8 Å². The molecule has 2 aromatic heterocycles. The standard InChI is InChI=1S/C20H23N5O3S/c1-14-5-6-17(13-15(14)2)29(27,28)24-11-9-23(10-12-24)20(26)18-16(3)22-25-8-4-7-21-19(18)25/h4-8,13H,9-12H2,1-3H3. The van der Waals surface area contributed by atoms with Gasteiger partial charge in [-0.1, -0.05) is 6.07 Å². The van der Waals surface area contributed by atoms with Gasteiger partial charge in [0.1, 0.15) is 5.56 Å². The van der Waals surface area contributed by atoms with Crippen LogP contribution in [-0.4, -0.2) is 64.3 Å². The lowest BCUT2D eigenvalue weighted by Crippen LogP contribution is -2.50. The molecule has 3 aromatic rings. The van der Waals surface area contributed by atoms with Crippen molar-refractivity contribution in [2.45, 2.75) is 25.7 Å². The number of aromatic nitrogens is 3. The third kappa shape index (κ3) is 3.40. The summed E-state index contributed by atoms with van der Waals surface area (Å²) in [7, 11) is -3.58. The van der Waals surface area contributed by atoms with E-state index in [0.717, 1.165) is 11.1 Å². The molecule has 0 radical (unpaired) electrons. The average molecular weight is 414 g/mol. The Bertz CT molecular complexity index is 1190. The minimum atomic E-state index is -3.58. The zero-order valence-electron chi connectivity index (χ0n) is 16.7. The highest BCUT2D eigenvalue weighted by Crippen LogP contribution is 2.22. The highest BCUT2D eigenvalue weighted by atomic mass is 32.2. The number of carbonyl (C=O) groups is 1. The Morgan fingerprint density at radius 2 is 1.76 bits per heavy atom. The van der Waals surface area contributed by atoms with Crippen LogP contribution < -0.4 is 0 Å². The van der Waals surface area contributed by atoms with E-state index in [1.807, 2.05) is 19.9 Å². The maximum atomic E-state index is 13.1. The normalized spacial score (nSPS) is 15.8. The van der Waals surface area contributed by atoms with Crippen LogP contribution in [0.5, 0.6) is 0 Å². The van der Waals surface area contributed by atoms with Gasteiger partial charge in [0.25, 0.3) is 5.91 Å². The van der Waals surface area contributed by atoms with Gasteiger partial charge in [0.15, 0.2) is 5.65 Å². The van der Waals surface area contributed by atoms with E-state index in [0.29, 0.717) is 34.9 Å². The van der Waals surface area contributed by atoms with E-state index in [-0.39, 0.29) is 19.0 Å². The second kappa shape index (κ2) is 7.23. The number of hydrogen-bond donors (Lipinski definition) is 0. The van der Waals surface area contributed by atoms with Crippen molar-refractivity contribution in [2.75, 3.05) is 26.2 Å². The summed E-state index contributed by atoms with van der Waals surface area (Å²) in [6, 6.07) is 6.92. The first-order valence-electron chi connectivity index (χ1n) is 9.45. The van der Waals surface area contributed by atoms with Crippen molar-refractivity contribution in [2.24, 2.45) is 0 Å². The molecular weight excluding hydrogens is 390 g/mol. The minimum Gasteiger partial charge on any atom is -0.336 e. The Balaban J connectivity index is 1.52. The van der Waals surface area contributed by atoms with E-state index in [1.165, 1.54) is 4.31 Å². The molecule has 0 N–H and O–H groups in total. The van der Waals surface area contributed by atoms with Crippen LogP contribution in [-0.2, 0) is 10.0 Å². The van der Waals surface area contributed by atoms with Gasteiger partial charge in [-0.15, -0.1) is 0 Å². The van der Waals surface area contributed by atoms with Crippen molar-refractivity contribution < 1.29 is 13.2 Å². The molecule has 1 aliphatic rings. The summed E-state index contributed by atoms with van der Waals surface area (Å²) in [6.45, 7) is 6.80. The van der Waals surface area contributed by atoms with Crippen LogP contribution in [0.4, 0.5) is 0 Å². The number of hydrogen-bond acceptors (Lipinski definition) is 5. The number of amides is 1. The van der Waals surface area contributed by atoms with Crippen molar-refractivity contribution in [1.82, 2.24) is 23.8 Å². The molecule has 152 valence electrons. The third-order valence-corrected chi connectivity index (χ3v) is 7.32. The largest absolute Gasteiger partial charge is 0.336 e. The Morgan fingerprint density at radius 3 is 2.45 bits per heavy atom. The van der Waals surface area contributed by atoms with E-state index in [9.17, 15) is 13.2 Å². The summed E-state index contributed by atoms with van der Waals surface area (Å²) in [4.78, 5) is 19.3. The minimum absolute atomic E-state index is 0.167. The second-order valence-electron chi connectivity index (χ2n) is 7.29. The van der Waals surface area contributed by atoms with E-state index >= 15 is 0 Å². The van der Waals surface area contributed by atoms with Gasteiger partial charge in [-0.3, -0.25) is 4.79 Å². The molecule has 0 spiro atoms. The first-order valence-corrected chi connectivity index (χ1v) is 10.9. The van der Waals surface area contributed by atoms with Crippen molar-refractivity contribution >= 4 is 21.6 Å². The van der Waals surface area contributed by atoms with Crippen LogP contribution in [0.15, 0.2) is 41.6 Å². The zero-order chi connectivity index (χ0) is 20.8. The summed E-state index contributed by atoms with van der Waals surface area (Å²) in [5.74, 6) is -0.167. The Kier molecular flexibility index (Phi) is 4.87. The lowest BCUT2D eigenvalue weighted by Gasteiger charge is -2.34. The third-order valence-electron chi connectivity index (χ3n) is 5.43. The van der Waals surface area contributed by atoms with E-state index in [2.05, 4.69) is 10.1 Å². The van der Waals surface area contributed by atoms with Gasteiger partial charge < -0.3 is 4.90 Å². The molecule has 29 heavy (non-hydrogen) atoms. The highest BCUT2D eigenvalue weighted by molar-refractivity contribution is 7.89. The number of nitrogens with zero attached hydrogens (tertiary/aromatic N) is 5. The van der Waals surface area contributed by atoms with Gasteiger partial charge in [-0.05, 0) is 50.1 Å². The van der Waals surface area contributed by atoms with Crippen molar-refractivity contribution in [3.8, 4) is 0 Å². The molecule has 3 heterocycles. The number of sulfonamides is 1. The van der Waals surface area contributed by atoms with Gasteiger partial charge in [0.05, 0.1) is 10.6 Å². The van der Waals surface area contributed by atoms with Gasteiger partial charge in [0.2, 0.25) is 10.0 Å². The molecule has 1 aromatic carbocycles. The molecule has 1 saturated heterocycles. The highest BCUT2D eigenvalue weighted by Gasteiger charge is 2.32. The maximum Gasteiger partial charge on any atom is 0.259 e. The number of fused-ring (bicyclic) bond motifs is 1. The van der Waals surface area contributed by atoms with Crippen LogP contribution >= 0.6 is 0 Å². The molecule has 0 saturated carbocycles. The van der Waals surface area contributed by atoms with Crippen LogP contribution in [0.2, 0.25) is 0 Å². The van der Waals surface area contributed by atoms with Gasteiger partial charge >= 0.3 is 0 Å². The van der Waals surface area contributed by atoms with E-state index < -0.39 is 10.0 Å². The summed E-state index contributed by atoms with van der Waals surface area (Å²) in [6.07, 6.45) is 3.38. The predicted molar refractivity (Wildman–Crippen MR) is 108 cm³/mol. The molecule has 1 aliphatic heterocycles. The molecule has 0 aliphatic carbocycles. The fraction of sp³-hybridized carbons (Fsp3) is 0.350. The van der Waals surface area contributed by atoms with Crippen molar-refractivity contribution in [3.63, 3.8) is 0 Å². The summed E-state index contributed by atoms with van der Waals surface area (Å²) in [5.41, 5.74) is 3.59. The number of aryl methyl sites for hydroxylation is 3. The first kappa shape index (κ1) is 19.5. The van der Waals surface area contributed by atoms with E-state index in [4.69, 9.17) is 0 Å². The first-order chi connectivity index (χ1) is 13.8. The SMILES string of the molecule is Cc1ccc(S(=O)(=O)N2CCN(C(=O)c3c(C)nn4cccnc34)CC2)cc1C. The number of rotatable bonds is 3. The van der Waals surface area contributed by atoms with Crippen LogP contribution in [0.25, 0.3) is 5.65 Å². The predicted octanol–water partition coefficient (Wildman–Crippen LogP) is 1.80. The average Bonchev–Trinajstić information content (AvgIpc) is 3.05. The lowest BCUT2D eigenvalue weighted by molar-refractivity contribution is 0.0699. The molecular formula is C20H23N5O3S. The zero-order valence-corrected chi connectivity index (χ0v) is 17.5. The molecule has 8 nitrogen and oxygen atoms in total. The quantitative estimate of drug-likeness (QED) is 0.653. The summed E-state index contributed by atoms with van der Waals surface area (Å²) in [5, 5.41) is 4.34. The van der Waals surface area contributed by atoms with Gasteiger partial charge in [0, 0.05) is 38.6 Å².